The van der Waals surface area contributed by atoms with Crippen molar-refractivity contribution < 1.29 is 9.53 Å². The third kappa shape index (κ3) is 4.64. The Bertz CT molecular complexity index is 485. The topological polar surface area (TPSA) is 59.4 Å². The lowest BCUT2D eigenvalue weighted by atomic mass is 10.1. The quantitative estimate of drug-likeness (QED) is 0.927. The van der Waals surface area contributed by atoms with Crippen molar-refractivity contribution in [2.45, 2.75) is 58.6 Å². The number of hydrogen-bond acceptors (Lipinski definition) is 4. The van der Waals surface area contributed by atoms with Crippen LogP contribution in [0, 0.1) is 0 Å². The largest absolute Gasteiger partial charge is 0.444 e. The van der Waals surface area contributed by atoms with E-state index in [1.54, 1.807) is 4.90 Å². The Hall–Kier alpha value is -1.72. The Balaban J connectivity index is 1.84. The monoisotopic (exact) mass is 308 g/mol. The Morgan fingerprint density at radius 2 is 2.09 bits per heavy atom. The van der Waals surface area contributed by atoms with E-state index in [0.29, 0.717) is 6.04 Å². The van der Waals surface area contributed by atoms with Crippen LogP contribution in [-0.4, -0.2) is 46.0 Å². The Kier molecular flexibility index (Phi) is 5.32. The zero-order chi connectivity index (χ0) is 16.2. The number of carbonyl (C=O) groups is 1. The van der Waals surface area contributed by atoms with Crippen molar-refractivity contribution in [2.24, 2.45) is 0 Å². The summed E-state index contributed by atoms with van der Waals surface area (Å²) in [5.41, 5.74) is 0.631. The second-order valence-corrected chi connectivity index (χ2v) is 6.83. The van der Waals surface area contributed by atoms with Crippen molar-refractivity contribution in [3.05, 3.63) is 12.4 Å². The summed E-state index contributed by atoms with van der Waals surface area (Å²) in [7, 11) is 0. The minimum absolute atomic E-state index is 0.211. The summed E-state index contributed by atoms with van der Waals surface area (Å²) in [5, 5.41) is 7.78. The smallest absolute Gasteiger partial charge is 0.410 e. The van der Waals surface area contributed by atoms with Crippen molar-refractivity contribution in [1.82, 2.24) is 14.7 Å². The van der Waals surface area contributed by atoms with Gasteiger partial charge in [-0.1, -0.05) is 6.92 Å². The van der Waals surface area contributed by atoms with Gasteiger partial charge in [-0.05, 0) is 40.0 Å². The third-order valence-electron chi connectivity index (χ3n) is 3.67. The Morgan fingerprint density at radius 3 is 2.68 bits per heavy atom. The first-order chi connectivity index (χ1) is 10.4. The molecule has 2 heterocycles. The Morgan fingerprint density at radius 1 is 1.41 bits per heavy atom. The molecule has 1 amide bonds. The van der Waals surface area contributed by atoms with E-state index in [2.05, 4.69) is 23.5 Å². The molecule has 0 atom stereocenters. The summed E-state index contributed by atoms with van der Waals surface area (Å²) >= 11 is 0. The fourth-order valence-corrected chi connectivity index (χ4v) is 2.54. The van der Waals surface area contributed by atoms with Crippen LogP contribution in [0.5, 0.6) is 0 Å². The third-order valence-corrected chi connectivity index (χ3v) is 3.67. The highest BCUT2D eigenvalue weighted by molar-refractivity contribution is 5.68. The van der Waals surface area contributed by atoms with Crippen molar-refractivity contribution in [1.29, 1.82) is 0 Å². The molecular weight excluding hydrogens is 280 g/mol. The molecule has 0 unspecified atom stereocenters. The van der Waals surface area contributed by atoms with Gasteiger partial charge in [0.25, 0.3) is 0 Å². The molecule has 6 heteroatoms. The molecule has 1 aliphatic rings. The van der Waals surface area contributed by atoms with E-state index in [1.165, 1.54) is 0 Å². The average Bonchev–Trinajstić information content (AvgIpc) is 2.92. The lowest BCUT2D eigenvalue weighted by Gasteiger charge is -2.33. The molecule has 0 saturated carbocycles. The van der Waals surface area contributed by atoms with Gasteiger partial charge in [0.15, 0.2) is 0 Å². The molecule has 2 rings (SSSR count). The van der Waals surface area contributed by atoms with Gasteiger partial charge in [0, 0.05) is 25.8 Å². The number of nitrogens with one attached hydrogen (secondary N) is 1. The van der Waals surface area contributed by atoms with Gasteiger partial charge in [-0.2, -0.15) is 5.10 Å². The molecule has 0 aliphatic carbocycles. The first-order valence-corrected chi connectivity index (χ1v) is 8.15. The van der Waals surface area contributed by atoms with E-state index in [9.17, 15) is 4.79 Å². The molecule has 6 nitrogen and oxygen atoms in total. The van der Waals surface area contributed by atoms with Gasteiger partial charge >= 0.3 is 6.09 Å². The first kappa shape index (κ1) is 16.6. The van der Waals surface area contributed by atoms with Crippen LogP contribution in [0.1, 0.15) is 53.0 Å². The molecule has 0 radical (unpaired) electrons. The lowest BCUT2D eigenvalue weighted by molar-refractivity contribution is 0.0185. The van der Waals surface area contributed by atoms with Gasteiger partial charge in [0.1, 0.15) is 5.60 Å². The summed E-state index contributed by atoms with van der Waals surface area (Å²) in [5.74, 6) is 0. The molecular formula is C16H28N4O2. The summed E-state index contributed by atoms with van der Waals surface area (Å²) in [4.78, 5) is 13.8. The number of ether oxygens (including phenoxy) is 1. The molecule has 1 fully saturated rings. The van der Waals surface area contributed by atoms with Crippen LogP contribution >= 0.6 is 0 Å². The molecule has 1 aromatic heterocycles. The number of anilines is 1. The second kappa shape index (κ2) is 7.03. The highest BCUT2D eigenvalue weighted by Crippen LogP contribution is 2.24. The van der Waals surface area contributed by atoms with E-state index in [1.807, 2.05) is 31.6 Å². The lowest BCUT2D eigenvalue weighted by Crippen LogP contribution is -2.42. The zero-order valence-electron chi connectivity index (χ0n) is 14.1. The summed E-state index contributed by atoms with van der Waals surface area (Å²) in [6, 6.07) is 0.357. The van der Waals surface area contributed by atoms with E-state index < -0.39 is 5.60 Å². The molecule has 124 valence electrons. The molecule has 0 aromatic carbocycles. The number of piperidine rings is 1. The van der Waals surface area contributed by atoms with Crippen LogP contribution in [-0.2, 0) is 4.74 Å². The molecule has 1 saturated heterocycles. The minimum atomic E-state index is -0.435. The van der Waals surface area contributed by atoms with Crippen LogP contribution in [0.2, 0.25) is 0 Å². The van der Waals surface area contributed by atoms with Crippen LogP contribution in [0.25, 0.3) is 0 Å². The Labute approximate surface area is 132 Å². The van der Waals surface area contributed by atoms with Crippen molar-refractivity contribution >= 4 is 11.8 Å². The number of carbonyl (C=O) groups excluding carboxylic acids is 1. The van der Waals surface area contributed by atoms with Gasteiger partial charge in [-0.15, -0.1) is 0 Å². The molecule has 1 aromatic rings. The predicted octanol–water partition coefficient (Wildman–Crippen LogP) is 3.28. The standard InChI is InChI=1S/C16H28N4O2/c1-5-8-17-13-11-18-20(12-13)14-6-9-19(10-7-14)15(21)22-16(2,3)4/h11-12,14,17H,5-10H2,1-4H3. The highest BCUT2D eigenvalue weighted by atomic mass is 16.6. The van der Waals surface area contributed by atoms with E-state index >= 15 is 0 Å². The highest BCUT2D eigenvalue weighted by Gasteiger charge is 2.27. The minimum Gasteiger partial charge on any atom is -0.444 e. The number of hydrogen-bond donors (Lipinski definition) is 1. The summed E-state index contributed by atoms with van der Waals surface area (Å²) < 4.78 is 7.44. The van der Waals surface area contributed by atoms with Gasteiger partial charge in [-0.3, -0.25) is 4.68 Å². The van der Waals surface area contributed by atoms with E-state index in [0.717, 1.165) is 44.6 Å². The molecule has 0 bridgehead atoms. The van der Waals surface area contributed by atoms with Crippen LogP contribution in [0.4, 0.5) is 10.5 Å². The molecule has 1 aliphatic heterocycles. The predicted molar refractivity (Wildman–Crippen MR) is 87.1 cm³/mol. The fourth-order valence-electron chi connectivity index (χ4n) is 2.54. The first-order valence-electron chi connectivity index (χ1n) is 8.15. The number of amides is 1. The maximum atomic E-state index is 12.1. The van der Waals surface area contributed by atoms with Gasteiger partial charge < -0.3 is 15.0 Å². The maximum absolute atomic E-state index is 12.1. The average molecular weight is 308 g/mol. The SMILES string of the molecule is CCCNc1cnn(C2CCN(C(=O)OC(C)(C)C)CC2)c1. The summed E-state index contributed by atoms with van der Waals surface area (Å²) in [6.07, 6.45) is 6.64. The van der Waals surface area contributed by atoms with Gasteiger partial charge in [0.05, 0.1) is 17.9 Å². The van der Waals surface area contributed by atoms with E-state index in [-0.39, 0.29) is 6.09 Å². The van der Waals surface area contributed by atoms with Crippen LogP contribution in [0.3, 0.4) is 0 Å². The zero-order valence-corrected chi connectivity index (χ0v) is 14.1. The van der Waals surface area contributed by atoms with Crippen molar-refractivity contribution in [3.8, 4) is 0 Å². The normalized spacial score (nSPS) is 16.6. The number of nitrogens with zero attached hydrogens (tertiary/aromatic N) is 3. The fraction of sp³-hybridized carbons (Fsp3) is 0.750. The maximum Gasteiger partial charge on any atom is 0.410 e. The summed E-state index contributed by atoms with van der Waals surface area (Å²) in [6.45, 7) is 10.2. The van der Waals surface area contributed by atoms with Crippen LogP contribution < -0.4 is 5.32 Å². The van der Waals surface area contributed by atoms with Gasteiger partial charge in [0.2, 0.25) is 0 Å². The van der Waals surface area contributed by atoms with Crippen molar-refractivity contribution in [3.63, 3.8) is 0 Å². The van der Waals surface area contributed by atoms with Gasteiger partial charge in [-0.25, -0.2) is 4.79 Å². The second-order valence-electron chi connectivity index (χ2n) is 6.83. The van der Waals surface area contributed by atoms with Crippen LogP contribution in [0.15, 0.2) is 12.4 Å². The molecule has 22 heavy (non-hydrogen) atoms. The molecule has 0 spiro atoms. The van der Waals surface area contributed by atoms with E-state index in [4.69, 9.17) is 4.74 Å². The van der Waals surface area contributed by atoms with Crippen molar-refractivity contribution in [2.75, 3.05) is 25.0 Å². The molecule has 1 N–H and O–H groups in total. The number of rotatable bonds is 4. The number of aromatic nitrogens is 2. The number of likely N-dealkylation sites (tertiary alicyclic amines) is 1.